The van der Waals surface area contributed by atoms with Crippen LogP contribution in [0.4, 0.5) is 13.2 Å². The molecule has 5 N–H and O–H groups in total. The molecule has 0 saturated carbocycles. The molecule has 0 fully saturated rings. The number of alkyl halides is 3. The van der Waals surface area contributed by atoms with Gasteiger partial charge in [0.1, 0.15) is 5.78 Å². The first-order chi connectivity index (χ1) is 14.4. The topological polar surface area (TPSA) is 139 Å². The Bertz CT molecular complexity index is 748. The van der Waals surface area contributed by atoms with Gasteiger partial charge >= 0.3 is 19.7 Å². The van der Waals surface area contributed by atoms with Crippen LogP contribution in [0.5, 0.6) is 0 Å². The van der Waals surface area contributed by atoms with Crippen LogP contribution in [0.3, 0.4) is 0 Å². The number of aliphatic carboxylic acids is 1. The van der Waals surface area contributed by atoms with E-state index < -0.39 is 50.4 Å². The number of nitrogens with two attached hydrogens (primary N) is 1. The monoisotopic (exact) mass is 468 g/mol. The average Bonchev–Trinajstić information content (AvgIpc) is 2.68. The maximum Gasteiger partial charge on any atom is 0.389 e. The van der Waals surface area contributed by atoms with Gasteiger partial charge in [-0.1, -0.05) is 30.3 Å². The largest absolute Gasteiger partial charge is 0.479 e. The molecule has 12 heteroatoms. The number of benzene rings is 1. The molecule has 0 bridgehead atoms. The van der Waals surface area contributed by atoms with Gasteiger partial charge in [-0.25, -0.2) is 4.79 Å². The van der Waals surface area contributed by atoms with Gasteiger partial charge in [0, 0.05) is 12.8 Å². The van der Waals surface area contributed by atoms with Crippen LogP contribution in [-0.4, -0.2) is 46.5 Å². The van der Waals surface area contributed by atoms with Crippen LogP contribution in [0, 0.1) is 0 Å². The summed E-state index contributed by atoms with van der Waals surface area (Å²) in [5.74, 6) is -4.17. The molecule has 1 amide bonds. The van der Waals surface area contributed by atoms with E-state index in [9.17, 15) is 37.3 Å². The van der Waals surface area contributed by atoms with Crippen LogP contribution in [0.2, 0.25) is 0 Å². The van der Waals surface area contributed by atoms with Gasteiger partial charge in [-0.05, 0) is 44.2 Å². The van der Waals surface area contributed by atoms with E-state index in [1.807, 2.05) is 0 Å². The Kier molecular flexibility index (Phi) is 11.2. The SMILES string of the molecule is NCCCC[C@H](OP(=O)(O)C(CCC(F)(F)F)NC(=O)CCc1ccccc1)C(=O)O. The summed E-state index contributed by atoms with van der Waals surface area (Å²) in [5.41, 5.74) is 6.13. The zero-order chi connectivity index (χ0) is 23.5. The number of rotatable bonds is 14. The summed E-state index contributed by atoms with van der Waals surface area (Å²) in [5, 5.41) is 11.3. The molecule has 1 rings (SSSR count). The number of halogens is 3. The summed E-state index contributed by atoms with van der Waals surface area (Å²) in [6.45, 7) is 0.273. The highest BCUT2D eigenvalue weighted by atomic mass is 31.2. The summed E-state index contributed by atoms with van der Waals surface area (Å²) in [4.78, 5) is 33.8. The van der Waals surface area contributed by atoms with Crippen LogP contribution >= 0.6 is 7.60 Å². The second-order valence-corrected chi connectivity index (χ2v) is 8.97. The Morgan fingerprint density at radius 2 is 1.81 bits per heavy atom. The van der Waals surface area contributed by atoms with Crippen molar-refractivity contribution < 1.29 is 41.8 Å². The van der Waals surface area contributed by atoms with E-state index in [1.165, 1.54) is 0 Å². The van der Waals surface area contributed by atoms with Gasteiger partial charge in [0.2, 0.25) is 5.91 Å². The summed E-state index contributed by atoms with van der Waals surface area (Å²) >= 11 is 0. The molecule has 0 aliphatic heterocycles. The van der Waals surface area contributed by atoms with Crippen molar-refractivity contribution in [1.29, 1.82) is 0 Å². The number of hydrogen-bond acceptors (Lipinski definition) is 5. The highest BCUT2D eigenvalue weighted by molar-refractivity contribution is 7.53. The van der Waals surface area contributed by atoms with E-state index in [-0.39, 0.29) is 32.2 Å². The fourth-order valence-corrected chi connectivity index (χ4v) is 4.20. The van der Waals surface area contributed by atoms with Crippen LogP contribution in [0.15, 0.2) is 30.3 Å². The number of carbonyl (C=O) groups is 2. The minimum Gasteiger partial charge on any atom is -0.479 e. The van der Waals surface area contributed by atoms with E-state index in [4.69, 9.17) is 10.3 Å². The third-order valence-electron chi connectivity index (χ3n) is 4.38. The zero-order valence-electron chi connectivity index (χ0n) is 16.9. The van der Waals surface area contributed by atoms with E-state index in [0.717, 1.165) is 5.56 Å². The molecule has 3 atom stereocenters. The molecule has 8 nitrogen and oxygen atoms in total. The molecule has 0 saturated heterocycles. The summed E-state index contributed by atoms with van der Waals surface area (Å²) in [6.07, 6.45) is -8.01. The van der Waals surface area contributed by atoms with Gasteiger partial charge in [0.05, 0.1) is 0 Å². The molecule has 0 aromatic heterocycles. The van der Waals surface area contributed by atoms with Crippen LogP contribution in [-0.2, 0) is 25.1 Å². The van der Waals surface area contributed by atoms with Crippen molar-refractivity contribution in [2.75, 3.05) is 6.54 Å². The number of amides is 1. The smallest absolute Gasteiger partial charge is 0.389 e. The Morgan fingerprint density at radius 3 is 2.35 bits per heavy atom. The summed E-state index contributed by atoms with van der Waals surface area (Å²) in [6, 6.07) is 8.81. The first-order valence-electron chi connectivity index (χ1n) is 9.78. The third-order valence-corrected chi connectivity index (χ3v) is 6.11. The number of unbranched alkanes of at least 4 members (excludes halogenated alkanes) is 1. The minimum absolute atomic E-state index is 0.134. The van der Waals surface area contributed by atoms with Crippen LogP contribution < -0.4 is 11.1 Å². The zero-order valence-corrected chi connectivity index (χ0v) is 17.8. The third kappa shape index (κ3) is 11.3. The average molecular weight is 468 g/mol. The van der Waals surface area contributed by atoms with E-state index >= 15 is 0 Å². The van der Waals surface area contributed by atoms with Gasteiger partial charge in [0.25, 0.3) is 0 Å². The van der Waals surface area contributed by atoms with Gasteiger partial charge in [-0.15, -0.1) is 0 Å². The maximum absolute atomic E-state index is 12.7. The number of carbonyl (C=O) groups excluding carboxylic acids is 1. The molecule has 0 aliphatic rings. The lowest BCUT2D eigenvalue weighted by Gasteiger charge is -2.26. The van der Waals surface area contributed by atoms with E-state index in [2.05, 4.69) is 5.32 Å². The first-order valence-corrected chi connectivity index (χ1v) is 11.4. The second-order valence-electron chi connectivity index (χ2n) is 7.00. The predicted octanol–water partition coefficient (Wildman–Crippen LogP) is 3.19. The molecule has 176 valence electrons. The normalized spacial score (nSPS) is 15.6. The highest BCUT2D eigenvalue weighted by Crippen LogP contribution is 2.50. The molecule has 1 aromatic carbocycles. The lowest BCUT2D eigenvalue weighted by molar-refractivity contribution is -0.146. The number of nitrogens with one attached hydrogen (secondary N) is 1. The lowest BCUT2D eigenvalue weighted by atomic mass is 10.1. The first kappa shape index (κ1) is 27.1. The van der Waals surface area contributed by atoms with Crippen molar-refractivity contribution in [2.45, 2.75) is 63.0 Å². The minimum atomic E-state index is -4.94. The molecule has 1 aromatic rings. The Labute approximate surface area is 178 Å². The van der Waals surface area contributed by atoms with Gasteiger partial charge < -0.3 is 21.1 Å². The Hall–Kier alpha value is -1.94. The predicted molar refractivity (Wildman–Crippen MR) is 107 cm³/mol. The number of carboxylic acids is 1. The Morgan fingerprint density at radius 1 is 1.16 bits per heavy atom. The molecular weight excluding hydrogens is 440 g/mol. The fraction of sp³-hybridized carbons (Fsp3) is 0.579. The second kappa shape index (κ2) is 12.8. The van der Waals surface area contributed by atoms with E-state index in [1.54, 1.807) is 30.3 Å². The fourth-order valence-electron chi connectivity index (χ4n) is 2.73. The molecule has 0 radical (unpaired) electrons. The van der Waals surface area contributed by atoms with Crippen molar-refractivity contribution in [1.82, 2.24) is 5.32 Å². The van der Waals surface area contributed by atoms with Gasteiger partial charge in [-0.2, -0.15) is 13.2 Å². The van der Waals surface area contributed by atoms with Gasteiger partial charge in [-0.3, -0.25) is 13.9 Å². The molecule has 2 unspecified atom stereocenters. The summed E-state index contributed by atoms with van der Waals surface area (Å²) in [7, 11) is -4.94. The molecule has 0 heterocycles. The molecule has 0 aliphatic carbocycles. The van der Waals surface area contributed by atoms with Crippen molar-refractivity contribution in [2.24, 2.45) is 5.73 Å². The number of hydrogen-bond donors (Lipinski definition) is 4. The quantitative estimate of drug-likeness (QED) is 0.243. The van der Waals surface area contributed by atoms with Crippen molar-refractivity contribution in [3.8, 4) is 0 Å². The molecular formula is C19H28F3N2O6P. The van der Waals surface area contributed by atoms with E-state index in [0.29, 0.717) is 6.42 Å². The molecule has 31 heavy (non-hydrogen) atoms. The van der Waals surface area contributed by atoms with Crippen molar-refractivity contribution >= 4 is 19.5 Å². The highest BCUT2D eigenvalue weighted by Gasteiger charge is 2.40. The van der Waals surface area contributed by atoms with Crippen molar-refractivity contribution in [3.63, 3.8) is 0 Å². The van der Waals surface area contributed by atoms with Crippen LogP contribution in [0.25, 0.3) is 0 Å². The number of carboxylic acid groups (broad SMARTS) is 1. The van der Waals surface area contributed by atoms with Crippen LogP contribution in [0.1, 0.15) is 44.1 Å². The lowest BCUT2D eigenvalue weighted by Crippen LogP contribution is -2.37. The van der Waals surface area contributed by atoms with Gasteiger partial charge in [0.15, 0.2) is 6.10 Å². The molecule has 0 spiro atoms. The number of aryl methyl sites for hydroxylation is 1. The summed E-state index contributed by atoms with van der Waals surface area (Å²) < 4.78 is 55.5. The Balaban J connectivity index is 2.86. The standard InChI is InChI=1S/C19H28F3N2O6P/c20-19(21,22)12-11-17(24-16(25)10-9-14-6-2-1-3-7-14)31(28,29)30-15(18(26)27)8-4-5-13-23/h1-3,6-7,15,17H,4-5,8-13,23H2,(H,24,25)(H,26,27)(H,28,29)/t15-,17?/m0/s1. The maximum atomic E-state index is 12.7. The van der Waals surface area contributed by atoms with Crippen molar-refractivity contribution in [3.05, 3.63) is 35.9 Å².